The average Bonchev–Trinajstić information content (AvgIpc) is 2.56. The molecule has 0 radical (unpaired) electrons. The first-order chi connectivity index (χ1) is 13.1. The molecule has 1 amide bonds. The molecule has 1 heterocycles. The van der Waals surface area contributed by atoms with E-state index in [2.05, 4.69) is 10.3 Å². The van der Waals surface area contributed by atoms with Gasteiger partial charge < -0.3 is 4.74 Å². The molecule has 1 N–H and O–H groups in total. The summed E-state index contributed by atoms with van der Waals surface area (Å²) >= 11 is 0. The fraction of sp³-hybridized carbons (Fsp3) is 0.188. The maximum atomic E-state index is 11.7. The van der Waals surface area contributed by atoms with Gasteiger partial charge >= 0.3 is 39.1 Å². The molecule has 29 heavy (non-hydrogen) atoms. The quantitative estimate of drug-likeness (QED) is 0.206. The summed E-state index contributed by atoms with van der Waals surface area (Å²) in [7, 11) is -10.7. The zero-order valence-electron chi connectivity index (χ0n) is 14.9. The second-order valence-corrected chi connectivity index (χ2v) is 7.45. The summed E-state index contributed by atoms with van der Waals surface area (Å²) in [5.41, 5.74) is 1.80. The van der Waals surface area contributed by atoms with Crippen LogP contribution in [0.25, 0.3) is 0 Å². The molecule has 0 bridgehead atoms. The van der Waals surface area contributed by atoms with E-state index in [1.54, 1.807) is 18.2 Å². The van der Waals surface area contributed by atoms with Crippen molar-refractivity contribution in [2.24, 2.45) is 4.99 Å². The SMILES string of the molecule is Cc1ccc(NC(=O)OCC[n+]2ccccc2)cc1N=C=O.F[P-](F)(F)(F)(F)F. The second kappa shape index (κ2) is 8.59. The van der Waals surface area contributed by atoms with E-state index in [4.69, 9.17) is 4.74 Å². The van der Waals surface area contributed by atoms with E-state index >= 15 is 0 Å². The van der Waals surface area contributed by atoms with E-state index in [1.165, 1.54) is 6.08 Å². The molecule has 2 aromatic rings. The Morgan fingerprint density at radius 2 is 1.72 bits per heavy atom. The number of benzene rings is 1. The third kappa shape index (κ3) is 13.8. The molecule has 0 atom stereocenters. The van der Waals surface area contributed by atoms with Gasteiger partial charge in [0.15, 0.2) is 25.5 Å². The Morgan fingerprint density at radius 3 is 2.28 bits per heavy atom. The van der Waals surface area contributed by atoms with Crippen LogP contribution in [0, 0.1) is 6.92 Å². The van der Waals surface area contributed by atoms with Crippen LogP contribution in [0.3, 0.4) is 0 Å². The number of aromatic nitrogens is 1. The summed E-state index contributed by atoms with van der Waals surface area (Å²) in [6, 6.07) is 10.8. The first-order valence-corrected chi connectivity index (χ1v) is 9.79. The van der Waals surface area contributed by atoms with Gasteiger partial charge in [-0.25, -0.2) is 14.2 Å². The number of hydrogen-bond acceptors (Lipinski definition) is 4. The number of aryl methyl sites for hydroxylation is 1. The normalized spacial score (nSPS) is 12.9. The van der Waals surface area contributed by atoms with Gasteiger partial charge in [-0.15, -0.1) is 0 Å². The third-order valence-electron chi connectivity index (χ3n) is 2.98. The number of pyridine rings is 1. The van der Waals surface area contributed by atoms with Crippen molar-refractivity contribution < 1.29 is 44.1 Å². The standard InChI is InChI=1S/C16H15N3O3.F6P/c1-13-5-6-14(11-15(13)17-12-20)18-16(21)22-10-9-19-7-3-2-4-8-19;1-7(2,3,4,5)6/h2-8,11H,9-10H2,1H3;/q;-1/p+1. The van der Waals surface area contributed by atoms with Crippen LogP contribution in [-0.4, -0.2) is 18.8 Å². The van der Waals surface area contributed by atoms with Gasteiger partial charge in [-0.3, -0.25) is 5.32 Å². The van der Waals surface area contributed by atoms with E-state index in [0.717, 1.165) is 5.56 Å². The van der Waals surface area contributed by atoms with Gasteiger partial charge in [0.2, 0.25) is 6.08 Å². The summed E-state index contributed by atoms with van der Waals surface area (Å²) in [5.74, 6) is 0. The molecule has 0 unspecified atom stereocenters. The van der Waals surface area contributed by atoms with Crippen molar-refractivity contribution in [3.8, 4) is 0 Å². The minimum absolute atomic E-state index is 0.256. The van der Waals surface area contributed by atoms with Gasteiger partial charge in [0.1, 0.15) is 0 Å². The molecular formula is C16H16F6N3O3P. The first-order valence-electron chi connectivity index (χ1n) is 7.77. The predicted molar refractivity (Wildman–Crippen MR) is 94.1 cm³/mol. The van der Waals surface area contributed by atoms with Crippen molar-refractivity contribution in [3.63, 3.8) is 0 Å². The predicted octanol–water partition coefficient (Wildman–Crippen LogP) is 5.88. The van der Waals surface area contributed by atoms with Crippen LogP contribution in [0.1, 0.15) is 5.56 Å². The van der Waals surface area contributed by atoms with Crippen molar-refractivity contribution >= 4 is 31.4 Å². The minimum atomic E-state index is -10.7. The Kier molecular flexibility index (Phi) is 7.13. The Balaban J connectivity index is 0.000000516. The molecule has 0 aliphatic heterocycles. The van der Waals surface area contributed by atoms with E-state index < -0.39 is 13.9 Å². The number of hydrogen-bond donors (Lipinski definition) is 1. The number of halogens is 6. The number of nitrogens with zero attached hydrogens (tertiary/aromatic N) is 2. The average molecular weight is 443 g/mol. The summed E-state index contributed by atoms with van der Waals surface area (Å²) in [6.07, 6.45) is 4.72. The Bertz CT molecular complexity index is 890. The molecule has 0 aliphatic rings. The van der Waals surface area contributed by atoms with Crippen molar-refractivity contribution in [1.82, 2.24) is 0 Å². The van der Waals surface area contributed by atoms with Crippen molar-refractivity contribution in [2.45, 2.75) is 13.5 Å². The van der Waals surface area contributed by atoms with Gasteiger partial charge in [-0.05, 0) is 24.6 Å². The number of amides is 1. The van der Waals surface area contributed by atoms with Crippen LogP contribution < -0.4 is 9.88 Å². The Labute approximate surface area is 161 Å². The maximum absolute atomic E-state index is 11.7. The number of anilines is 1. The molecule has 0 saturated carbocycles. The topological polar surface area (TPSA) is 71.6 Å². The van der Waals surface area contributed by atoms with E-state index in [0.29, 0.717) is 17.9 Å². The molecule has 0 fully saturated rings. The second-order valence-electron chi connectivity index (χ2n) is 5.54. The summed E-state index contributed by atoms with van der Waals surface area (Å²) < 4.78 is 66.2. The number of ether oxygens (including phenoxy) is 1. The molecule has 6 nitrogen and oxygen atoms in total. The summed E-state index contributed by atoms with van der Waals surface area (Å²) in [5, 5.41) is 2.59. The van der Waals surface area contributed by atoms with Gasteiger partial charge in [-0.2, -0.15) is 4.99 Å². The van der Waals surface area contributed by atoms with Crippen molar-refractivity contribution in [2.75, 3.05) is 11.9 Å². The van der Waals surface area contributed by atoms with Gasteiger partial charge in [-0.1, -0.05) is 12.1 Å². The fourth-order valence-corrected chi connectivity index (χ4v) is 1.84. The van der Waals surface area contributed by atoms with Gasteiger partial charge in [0.25, 0.3) is 0 Å². The first kappa shape index (κ1) is 24.1. The van der Waals surface area contributed by atoms with E-state index in [1.807, 2.05) is 42.1 Å². The number of isocyanates is 1. The monoisotopic (exact) mass is 443 g/mol. The Morgan fingerprint density at radius 1 is 1.14 bits per heavy atom. The molecule has 13 heteroatoms. The molecule has 0 aliphatic carbocycles. The van der Waals surface area contributed by atoms with Crippen LogP contribution in [0.5, 0.6) is 0 Å². The number of rotatable bonds is 5. The molecule has 0 saturated heterocycles. The number of carbonyl (C=O) groups is 1. The van der Waals surface area contributed by atoms with Crippen LogP contribution >= 0.6 is 7.81 Å². The molecule has 0 spiro atoms. The van der Waals surface area contributed by atoms with Crippen LogP contribution in [0.15, 0.2) is 53.8 Å². The van der Waals surface area contributed by atoms with Crippen molar-refractivity contribution in [3.05, 3.63) is 54.4 Å². The van der Waals surface area contributed by atoms with E-state index in [-0.39, 0.29) is 6.61 Å². The van der Waals surface area contributed by atoms with Crippen LogP contribution in [0.2, 0.25) is 0 Å². The van der Waals surface area contributed by atoms with Crippen molar-refractivity contribution in [1.29, 1.82) is 0 Å². The Hall–Kier alpha value is -2.97. The summed E-state index contributed by atoms with van der Waals surface area (Å²) in [4.78, 5) is 25.6. The van der Waals surface area contributed by atoms with E-state index in [9.17, 15) is 34.8 Å². The fourth-order valence-electron chi connectivity index (χ4n) is 1.84. The number of nitrogens with one attached hydrogen (secondary N) is 1. The molecule has 160 valence electrons. The van der Waals surface area contributed by atoms with Gasteiger partial charge in [0, 0.05) is 17.8 Å². The van der Waals surface area contributed by atoms with Gasteiger partial charge in [0.05, 0.1) is 5.69 Å². The molecular weight excluding hydrogens is 427 g/mol. The van der Waals surface area contributed by atoms with Crippen LogP contribution in [-0.2, 0) is 16.1 Å². The molecule has 2 rings (SSSR count). The third-order valence-corrected chi connectivity index (χ3v) is 2.98. The number of carbonyl (C=O) groups excluding carboxylic acids is 2. The summed E-state index contributed by atoms with van der Waals surface area (Å²) in [6.45, 7) is 2.64. The zero-order valence-corrected chi connectivity index (χ0v) is 15.8. The zero-order chi connectivity index (χ0) is 22.2. The number of aliphatic imine (C=N–C) groups is 1. The molecule has 1 aromatic carbocycles. The molecule has 1 aromatic heterocycles. The van der Waals surface area contributed by atoms with Crippen LogP contribution in [0.4, 0.5) is 41.4 Å².